The maximum Gasteiger partial charge on any atom is 0.263 e. The van der Waals surface area contributed by atoms with Gasteiger partial charge in [-0.25, -0.2) is 14.3 Å². The van der Waals surface area contributed by atoms with Crippen LogP contribution >= 0.6 is 11.8 Å². The third kappa shape index (κ3) is 2.49. The molecular weight excluding hydrogens is 343 g/mol. The lowest BCUT2D eigenvalue weighted by Gasteiger charge is -2.20. The largest absolute Gasteiger partial charge is 0.271 e. The molecule has 2 atom stereocenters. The summed E-state index contributed by atoms with van der Waals surface area (Å²) in [6, 6.07) is 11.1. The van der Waals surface area contributed by atoms with E-state index in [-0.39, 0.29) is 11.7 Å². The van der Waals surface area contributed by atoms with Gasteiger partial charge in [0, 0.05) is 4.90 Å². The Morgan fingerprint density at radius 1 is 1.04 bits per heavy atom. The van der Waals surface area contributed by atoms with E-state index in [1.807, 2.05) is 12.3 Å². The molecule has 2 aliphatic rings. The van der Waals surface area contributed by atoms with Gasteiger partial charge in [0.25, 0.3) is 11.8 Å². The summed E-state index contributed by atoms with van der Waals surface area (Å²) in [4.78, 5) is 27.7. The molecular formula is C17H13FN4O2S. The molecule has 2 aromatic rings. The van der Waals surface area contributed by atoms with E-state index in [1.165, 1.54) is 41.0 Å². The van der Waals surface area contributed by atoms with Crippen molar-refractivity contribution in [3.05, 3.63) is 54.3 Å². The van der Waals surface area contributed by atoms with Gasteiger partial charge < -0.3 is 0 Å². The number of halogens is 1. The van der Waals surface area contributed by atoms with Gasteiger partial charge in [-0.1, -0.05) is 11.3 Å². The van der Waals surface area contributed by atoms with Gasteiger partial charge in [0.2, 0.25) is 0 Å². The summed E-state index contributed by atoms with van der Waals surface area (Å²) in [5, 5.41) is 9.29. The molecule has 0 radical (unpaired) electrons. The lowest BCUT2D eigenvalue weighted by Crippen LogP contribution is -2.39. The number of anilines is 2. The average molecular weight is 356 g/mol. The van der Waals surface area contributed by atoms with Crippen molar-refractivity contribution in [1.29, 1.82) is 0 Å². The Morgan fingerprint density at radius 2 is 1.80 bits per heavy atom. The van der Waals surface area contributed by atoms with E-state index in [2.05, 4.69) is 10.3 Å². The number of carbonyl (C=O) groups excluding carboxylic acids is 2. The van der Waals surface area contributed by atoms with Crippen LogP contribution in [0.15, 0.2) is 63.8 Å². The first-order valence-electron chi connectivity index (χ1n) is 7.57. The summed E-state index contributed by atoms with van der Waals surface area (Å²) < 4.78 is 13.1. The Morgan fingerprint density at radius 3 is 2.52 bits per heavy atom. The molecule has 25 heavy (non-hydrogen) atoms. The summed E-state index contributed by atoms with van der Waals surface area (Å²) in [5.74, 6) is -1.18. The predicted octanol–water partition coefficient (Wildman–Crippen LogP) is 3.05. The topological polar surface area (TPSA) is 65.3 Å². The molecule has 8 heteroatoms. The highest BCUT2D eigenvalue weighted by Crippen LogP contribution is 2.35. The smallest absolute Gasteiger partial charge is 0.263 e. The van der Waals surface area contributed by atoms with Crippen molar-refractivity contribution in [1.82, 2.24) is 0 Å². The lowest BCUT2D eigenvalue weighted by atomic mass is 10.1. The second-order valence-corrected chi connectivity index (χ2v) is 6.51. The van der Waals surface area contributed by atoms with Crippen LogP contribution in [-0.2, 0) is 9.59 Å². The van der Waals surface area contributed by atoms with Crippen molar-refractivity contribution in [2.75, 3.05) is 16.2 Å². The van der Waals surface area contributed by atoms with Gasteiger partial charge in [-0.2, -0.15) is 5.11 Å². The van der Waals surface area contributed by atoms with Gasteiger partial charge in [-0.15, -0.1) is 11.8 Å². The van der Waals surface area contributed by atoms with Crippen LogP contribution in [0.2, 0.25) is 0 Å². The van der Waals surface area contributed by atoms with Crippen molar-refractivity contribution in [2.45, 2.75) is 17.0 Å². The number of carbonyl (C=O) groups is 2. The molecule has 6 nitrogen and oxygen atoms in total. The molecule has 2 amide bonds. The molecule has 0 spiro atoms. The number of nitrogens with zero attached hydrogens (tertiary/aromatic N) is 4. The maximum atomic E-state index is 13.1. The number of hydrogen-bond donors (Lipinski definition) is 0. The number of thioether (sulfide) groups is 1. The standard InChI is InChI=1S/C17H13FN4O2S/c1-25-13-4-2-3-12(9-13)21-16(23)14-15(17(21)24)22(20-19-14)11-7-5-10(18)6-8-11/h2-9,14-15H,1H3/t14-,15+/m0/s1. The first kappa shape index (κ1) is 15.8. The Hall–Kier alpha value is -2.74. The first-order chi connectivity index (χ1) is 12.1. The molecule has 126 valence electrons. The molecule has 2 aromatic carbocycles. The molecule has 1 fully saturated rings. The van der Waals surface area contributed by atoms with Crippen LogP contribution in [0.3, 0.4) is 0 Å². The van der Waals surface area contributed by atoms with Crippen LogP contribution in [0.4, 0.5) is 15.8 Å². The highest BCUT2D eigenvalue weighted by atomic mass is 32.2. The Balaban J connectivity index is 1.69. The Bertz CT molecular complexity index is 886. The van der Waals surface area contributed by atoms with Crippen LogP contribution in [0.5, 0.6) is 0 Å². The number of imide groups is 1. The second-order valence-electron chi connectivity index (χ2n) is 5.63. The van der Waals surface area contributed by atoms with E-state index in [1.54, 1.807) is 18.2 Å². The molecule has 1 saturated heterocycles. The van der Waals surface area contributed by atoms with Crippen molar-refractivity contribution >= 4 is 35.0 Å². The fourth-order valence-electron chi connectivity index (χ4n) is 2.97. The molecule has 0 bridgehead atoms. The minimum absolute atomic E-state index is 0.387. The van der Waals surface area contributed by atoms with E-state index in [4.69, 9.17) is 0 Å². The normalized spacial score (nSPS) is 22.0. The molecule has 0 unspecified atom stereocenters. The third-order valence-electron chi connectivity index (χ3n) is 4.18. The fraction of sp³-hybridized carbons (Fsp3) is 0.176. The third-order valence-corrected chi connectivity index (χ3v) is 4.91. The fourth-order valence-corrected chi connectivity index (χ4v) is 3.42. The molecule has 0 aromatic heterocycles. The van der Waals surface area contributed by atoms with Gasteiger partial charge in [-0.05, 0) is 48.7 Å². The molecule has 0 N–H and O–H groups in total. The van der Waals surface area contributed by atoms with Crippen LogP contribution in [0.25, 0.3) is 0 Å². The van der Waals surface area contributed by atoms with Gasteiger partial charge in [0.05, 0.1) is 11.4 Å². The van der Waals surface area contributed by atoms with Crippen LogP contribution in [0.1, 0.15) is 0 Å². The molecule has 2 heterocycles. The minimum Gasteiger partial charge on any atom is -0.271 e. The molecule has 0 aliphatic carbocycles. The summed E-state index contributed by atoms with van der Waals surface area (Å²) in [6.07, 6.45) is 1.92. The zero-order valence-corrected chi connectivity index (χ0v) is 14.0. The maximum absolute atomic E-state index is 13.1. The zero-order valence-electron chi connectivity index (χ0n) is 13.2. The van der Waals surface area contributed by atoms with E-state index in [0.717, 1.165) is 9.80 Å². The summed E-state index contributed by atoms with van der Waals surface area (Å²) in [6.45, 7) is 0. The van der Waals surface area contributed by atoms with Gasteiger partial charge in [0.1, 0.15) is 5.82 Å². The van der Waals surface area contributed by atoms with Gasteiger partial charge in [-0.3, -0.25) is 9.59 Å². The highest BCUT2D eigenvalue weighted by Gasteiger charge is 2.55. The second kappa shape index (κ2) is 5.96. The molecule has 0 saturated carbocycles. The Kier molecular flexibility index (Phi) is 3.76. The summed E-state index contributed by atoms with van der Waals surface area (Å²) in [5.41, 5.74) is 1.03. The number of amides is 2. The van der Waals surface area contributed by atoms with Crippen molar-refractivity contribution in [3.8, 4) is 0 Å². The van der Waals surface area contributed by atoms with E-state index < -0.39 is 18.0 Å². The monoisotopic (exact) mass is 356 g/mol. The highest BCUT2D eigenvalue weighted by molar-refractivity contribution is 7.98. The summed E-state index contributed by atoms with van der Waals surface area (Å²) >= 11 is 1.53. The molecule has 4 rings (SSSR count). The number of rotatable bonds is 3. The molecule has 2 aliphatic heterocycles. The number of benzene rings is 2. The average Bonchev–Trinajstić information content (AvgIpc) is 3.16. The van der Waals surface area contributed by atoms with E-state index >= 15 is 0 Å². The minimum atomic E-state index is -0.879. The van der Waals surface area contributed by atoms with E-state index in [9.17, 15) is 14.0 Å². The van der Waals surface area contributed by atoms with E-state index in [0.29, 0.717) is 11.4 Å². The zero-order chi connectivity index (χ0) is 17.6. The van der Waals surface area contributed by atoms with Crippen molar-refractivity contribution in [3.63, 3.8) is 0 Å². The number of fused-ring (bicyclic) bond motifs is 1. The van der Waals surface area contributed by atoms with Crippen LogP contribution in [-0.4, -0.2) is 30.2 Å². The SMILES string of the molecule is CSc1cccc(N2C(=O)[C@H]3N=NN(c4ccc(F)cc4)[C@H]3C2=O)c1. The van der Waals surface area contributed by atoms with Gasteiger partial charge >= 0.3 is 0 Å². The first-order valence-corrected chi connectivity index (χ1v) is 8.80. The van der Waals surface area contributed by atoms with Crippen molar-refractivity contribution in [2.24, 2.45) is 10.3 Å². The van der Waals surface area contributed by atoms with Crippen LogP contribution in [0, 0.1) is 5.82 Å². The lowest BCUT2D eigenvalue weighted by molar-refractivity contribution is -0.121. The van der Waals surface area contributed by atoms with Crippen LogP contribution < -0.4 is 9.91 Å². The van der Waals surface area contributed by atoms with Crippen molar-refractivity contribution < 1.29 is 14.0 Å². The number of hydrogen-bond acceptors (Lipinski definition) is 6. The Labute approximate surface area is 147 Å². The predicted molar refractivity (Wildman–Crippen MR) is 92.0 cm³/mol. The van der Waals surface area contributed by atoms with Gasteiger partial charge in [0.15, 0.2) is 12.1 Å². The summed E-state index contributed by atoms with van der Waals surface area (Å²) in [7, 11) is 0. The quantitative estimate of drug-likeness (QED) is 0.626.